The molecule has 2 aromatic heterocycles. The molecule has 2 heterocycles. The highest BCUT2D eigenvalue weighted by atomic mass is 15.0. The van der Waals surface area contributed by atoms with Crippen LogP contribution >= 0.6 is 0 Å². The van der Waals surface area contributed by atoms with E-state index in [1.54, 1.807) is 0 Å². The van der Waals surface area contributed by atoms with Crippen LogP contribution in [-0.2, 0) is 0 Å². The molecule has 0 atom stereocenters. The smallest absolute Gasteiger partial charge is 0.0619 e. The van der Waals surface area contributed by atoms with Gasteiger partial charge in [-0.1, -0.05) is 146 Å². The molecule has 0 spiro atoms. The van der Waals surface area contributed by atoms with Gasteiger partial charge in [-0.2, -0.15) is 0 Å². The molecule has 268 valence electrons. The Labute approximate surface area is 335 Å². The lowest BCUT2D eigenvalue weighted by atomic mass is 9.97. The van der Waals surface area contributed by atoms with E-state index in [0.29, 0.717) is 0 Å². The minimum absolute atomic E-state index is 1.16. The number of hydrogen-bond donors (Lipinski definition) is 0. The maximum absolute atomic E-state index is 2.43. The van der Waals surface area contributed by atoms with E-state index >= 15 is 0 Å². The molecule has 0 saturated heterocycles. The molecule has 0 fully saturated rings. The summed E-state index contributed by atoms with van der Waals surface area (Å²) in [5, 5.41) is 10.2. The average molecular weight is 735 g/mol. The number of hydrogen-bond acceptors (Lipinski definition) is 0. The number of nitrogens with zero attached hydrogens (tertiary/aromatic N) is 2. The lowest BCUT2D eigenvalue weighted by Gasteiger charge is -2.12. The van der Waals surface area contributed by atoms with E-state index in [0.717, 1.165) is 5.69 Å². The summed E-state index contributed by atoms with van der Waals surface area (Å²) >= 11 is 0. The number of benzene rings is 10. The SMILES string of the molecule is c1ccc(-n2c3ccc(-c4ccc5c(c4)c4ccccc4n5-c4cccc(-c5ccc6c(c5)-c5cccc7cccc-6c57)c4)cc3c3ccc4ccccc4c32)cc1. The summed E-state index contributed by atoms with van der Waals surface area (Å²) in [7, 11) is 0. The van der Waals surface area contributed by atoms with Gasteiger partial charge in [0.1, 0.15) is 0 Å². The molecule has 0 N–H and O–H groups in total. The first-order chi connectivity index (χ1) is 28.8. The molecule has 0 aliphatic heterocycles. The van der Waals surface area contributed by atoms with Crippen LogP contribution in [0.3, 0.4) is 0 Å². The minimum atomic E-state index is 1.16. The summed E-state index contributed by atoms with van der Waals surface area (Å²) in [5.74, 6) is 0. The molecule has 58 heavy (non-hydrogen) atoms. The first-order valence-corrected chi connectivity index (χ1v) is 20.1. The number of rotatable bonds is 4. The highest BCUT2D eigenvalue weighted by Gasteiger charge is 2.22. The fraction of sp³-hybridized carbons (Fsp3) is 0. The van der Waals surface area contributed by atoms with Crippen LogP contribution in [0.1, 0.15) is 0 Å². The lowest BCUT2D eigenvalue weighted by Crippen LogP contribution is -1.94. The third kappa shape index (κ3) is 4.43. The number of fused-ring (bicyclic) bond motifs is 11. The molecule has 0 amide bonds. The van der Waals surface area contributed by atoms with Crippen molar-refractivity contribution in [2.45, 2.75) is 0 Å². The average Bonchev–Trinajstić information content (AvgIpc) is 3.93. The second kappa shape index (κ2) is 11.9. The molecule has 0 radical (unpaired) electrons. The lowest BCUT2D eigenvalue weighted by molar-refractivity contribution is 1.18. The summed E-state index contributed by atoms with van der Waals surface area (Å²) in [6.45, 7) is 0. The Balaban J connectivity index is 0.952. The molecule has 0 saturated carbocycles. The predicted molar refractivity (Wildman–Crippen MR) is 245 cm³/mol. The van der Waals surface area contributed by atoms with Crippen molar-refractivity contribution in [3.8, 4) is 55.9 Å². The monoisotopic (exact) mass is 734 g/mol. The summed E-state index contributed by atoms with van der Waals surface area (Å²) in [6, 6.07) is 76.2. The van der Waals surface area contributed by atoms with Crippen molar-refractivity contribution in [3.63, 3.8) is 0 Å². The van der Waals surface area contributed by atoms with E-state index in [9.17, 15) is 0 Å². The van der Waals surface area contributed by atoms with Crippen molar-refractivity contribution >= 4 is 65.2 Å². The fourth-order valence-corrected chi connectivity index (χ4v) is 10.0. The Morgan fingerprint density at radius 3 is 1.67 bits per heavy atom. The molecule has 1 aliphatic rings. The zero-order chi connectivity index (χ0) is 37.9. The predicted octanol–water partition coefficient (Wildman–Crippen LogP) is 15.2. The molecular formula is C56H34N2. The van der Waals surface area contributed by atoms with E-state index in [4.69, 9.17) is 0 Å². The summed E-state index contributed by atoms with van der Waals surface area (Å²) in [6.07, 6.45) is 0. The minimum Gasteiger partial charge on any atom is -0.309 e. The first kappa shape index (κ1) is 31.5. The second-order valence-electron chi connectivity index (χ2n) is 15.7. The van der Waals surface area contributed by atoms with Crippen LogP contribution in [0.5, 0.6) is 0 Å². The molecule has 13 rings (SSSR count). The summed E-state index contributed by atoms with van der Waals surface area (Å²) < 4.78 is 4.87. The highest BCUT2D eigenvalue weighted by Crippen LogP contribution is 2.48. The van der Waals surface area contributed by atoms with Crippen LogP contribution in [0.2, 0.25) is 0 Å². The van der Waals surface area contributed by atoms with Gasteiger partial charge in [0, 0.05) is 38.3 Å². The van der Waals surface area contributed by atoms with Gasteiger partial charge in [0.15, 0.2) is 0 Å². The van der Waals surface area contributed by atoms with E-state index in [2.05, 4.69) is 215 Å². The second-order valence-corrected chi connectivity index (χ2v) is 15.7. The van der Waals surface area contributed by atoms with E-state index < -0.39 is 0 Å². The summed E-state index contributed by atoms with van der Waals surface area (Å²) in [4.78, 5) is 0. The molecule has 0 bridgehead atoms. The van der Waals surface area contributed by atoms with Gasteiger partial charge >= 0.3 is 0 Å². The third-order valence-electron chi connectivity index (χ3n) is 12.6. The van der Waals surface area contributed by atoms with Gasteiger partial charge in [-0.25, -0.2) is 0 Å². The van der Waals surface area contributed by atoms with Crippen LogP contribution in [0.15, 0.2) is 206 Å². The van der Waals surface area contributed by atoms with Crippen molar-refractivity contribution in [3.05, 3.63) is 206 Å². The zero-order valence-corrected chi connectivity index (χ0v) is 31.5. The molecule has 0 unspecified atom stereocenters. The maximum atomic E-state index is 2.43. The van der Waals surface area contributed by atoms with Crippen molar-refractivity contribution in [2.24, 2.45) is 0 Å². The van der Waals surface area contributed by atoms with Crippen LogP contribution in [0, 0.1) is 0 Å². The Hall–Kier alpha value is -7.68. The Morgan fingerprint density at radius 2 is 0.845 bits per heavy atom. The van der Waals surface area contributed by atoms with Gasteiger partial charge in [-0.05, 0) is 121 Å². The highest BCUT2D eigenvalue weighted by molar-refractivity contribution is 6.20. The third-order valence-corrected chi connectivity index (χ3v) is 12.6. The van der Waals surface area contributed by atoms with Crippen molar-refractivity contribution in [2.75, 3.05) is 0 Å². The van der Waals surface area contributed by atoms with E-state index in [1.165, 1.54) is 115 Å². The van der Waals surface area contributed by atoms with Gasteiger partial charge < -0.3 is 9.13 Å². The van der Waals surface area contributed by atoms with Crippen LogP contribution in [-0.4, -0.2) is 9.13 Å². The van der Waals surface area contributed by atoms with Crippen molar-refractivity contribution < 1.29 is 0 Å². The van der Waals surface area contributed by atoms with Gasteiger partial charge in [-0.3, -0.25) is 0 Å². The quantitative estimate of drug-likeness (QED) is 0.170. The van der Waals surface area contributed by atoms with Crippen LogP contribution in [0.25, 0.3) is 121 Å². The van der Waals surface area contributed by atoms with E-state index in [-0.39, 0.29) is 0 Å². The Bertz CT molecular complexity index is 3670. The first-order valence-electron chi connectivity index (χ1n) is 20.1. The summed E-state index contributed by atoms with van der Waals surface area (Å²) in [5.41, 5.74) is 17.3. The van der Waals surface area contributed by atoms with Crippen LogP contribution in [0.4, 0.5) is 0 Å². The number of aromatic nitrogens is 2. The molecule has 10 aromatic carbocycles. The van der Waals surface area contributed by atoms with Gasteiger partial charge in [0.25, 0.3) is 0 Å². The topological polar surface area (TPSA) is 9.86 Å². The zero-order valence-electron chi connectivity index (χ0n) is 31.5. The largest absolute Gasteiger partial charge is 0.309 e. The molecule has 2 nitrogen and oxygen atoms in total. The molecule has 1 aliphatic carbocycles. The van der Waals surface area contributed by atoms with Crippen molar-refractivity contribution in [1.29, 1.82) is 0 Å². The van der Waals surface area contributed by atoms with Gasteiger partial charge in [0.05, 0.1) is 22.1 Å². The normalized spacial score (nSPS) is 12.1. The van der Waals surface area contributed by atoms with Gasteiger partial charge in [0.2, 0.25) is 0 Å². The molecule has 2 heteroatoms. The van der Waals surface area contributed by atoms with E-state index in [1.807, 2.05) is 0 Å². The standard InChI is InChI=1S/C56H34N2/c1-2-15-41(16-3-1)58-54-30-26-40(34-51(54)48-28-23-35-11-4-5-18-43(35)56(48)58)39-25-29-53-50(33-39)45-19-6-7-22-52(45)57(53)42-17-8-14-37(31-42)38-24-27-44-46-20-9-12-36-13-10-21-47(55(36)46)49(44)32-38/h1-34H. The Kier molecular flexibility index (Phi) is 6.47. The number of para-hydroxylation sites is 2. The maximum Gasteiger partial charge on any atom is 0.0619 e. The van der Waals surface area contributed by atoms with Gasteiger partial charge in [-0.15, -0.1) is 0 Å². The fourth-order valence-electron chi connectivity index (χ4n) is 10.0. The van der Waals surface area contributed by atoms with Crippen LogP contribution < -0.4 is 0 Å². The van der Waals surface area contributed by atoms with Crippen molar-refractivity contribution in [1.82, 2.24) is 9.13 Å². The Morgan fingerprint density at radius 1 is 0.259 bits per heavy atom. The molecule has 12 aromatic rings. The molecular weight excluding hydrogens is 701 g/mol.